The van der Waals surface area contributed by atoms with Crippen molar-refractivity contribution in [3.63, 3.8) is 0 Å². The van der Waals surface area contributed by atoms with Crippen LogP contribution >= 0.6 is 0 Å². The molecule has 3 spiro atoms. The second kappa shape index (κ2) is 7.91. The van der Waals surface area contributed by atoms with Crippen molar-refractivity contribution in [1.82, 2.24) is 0 Å². The fourth-order valence-corrected chi connectivity index (χ4v) is 5.58. The summed E-state index contributed by atoms with van der Waals surface area (Å²) >= 11 is 0. The fourth-order valence-electron chi connectivity index (χ4n) is 5.58. The molecule has 0 aromatic rings. The third kappa shape index (κ3) is 3.76. The summed E-state index contributed by atoms with van der Waals surface area (Å²) in [5, 5.41) is 11.2. The van der Waals surface area contributed by atoms with Crippen molar-refractivity contribution in [2.24, 2.45) is 0 Å². The van der Waals surface area contributed by atoms with E-state index in [4.69, 9.17) is 28.4 Å². The van der Waals surface area contributed by atoms with Gasteiger partial charge in [0, 0.05) is 37.5 Å². The lowest BCUT2D eigenvalue weighted by Crippen LogP contribution is -2.64. The van der Waals surface area contributed by atoms with Crippen LogP contribution in [0.3, 0.4) is 0 Å². The van der Waals surface area contributed by atoms with Gasteiger partial charge in [0.15, 0.2) is 17.7 Å². The molecule has 2 saturated carbocycles. The molecule has 10 nitrogen and oxygen atoms in total. The molecular weight excluding hydrogens is 410 g/mol. The van der Waals surface area contributed by atoms with Gasteiger partial charge in [-0.1, -0.05) is 12.8 Å². The largest absolute Gasteiger partial charge is 0.449 e. The van der Waals surface area contributed by atoms with Crippen LogP contribution < -0.4 is 0 Å². The Bertz CT molecular complexity index is 706. The highest BCUT2D eigenvalue weighted by Gasteiger charge is 2.67. The van der Waals surface area contributed by atoms with E-state index >= 15 is 0 Å². The van der Waals surface area contributed by atoms with E-state index in [1.807, 2.05) is 0 Å². The molecule has 3 heterocycles. The quantitative estimate of drug-likeness (QED) is 0.370. The van der Waals surface area contributed by atoms with Gasteiger partial charge in [0.05, 0.1) is 6.61 Å². The normalized spacial score (nSPS) is 39.5. The van der Waals surface area contributed by atoms with E-state index in [1.165, 1.54) is 6.92 Å². The minimum Gasteiger partial charge on any atom is -0.449 e. The van der Waals surface area contributed by atoms with Gasteiger partial charge in [0.1, 0.15) is 18.8 Å². The number of hydrogen-bond donors (Lipinski definition) is 0. The lowest BCUT2D eigenvalue weighted by atomic mass is 9.93. The molecule has 5 aliphatic rings. The Morgan fingerprint density at radius 1 is 1.00 bits per heavy atom. The first kappa shape index (κ1) is 21.5. The van der Waals surface area contributed by atoms with Crippen molar-refractivity contribution in [1.29, 1.82) is 0 Å². The molecule has 2 aliphatic carbocycles. The number of ether oxygens (including phenoxy) is 6. The predicted octanol–water partition coefficient (Wildman–Crippen LogP) is 2.44. The summed E-state index contributed by atoms with van der Waals surface area (Å²) in [4.78, 5) is 23.1. The van der Waals surface area contributed by atoms with Crippen LogP contribution in [0.15, 0.2) is 0 Å². The van der Waals surface area contributed by atoms with Crippen molar-refractivity contribution in [3.05, 3.63) is 10.1 Å². The molecule has 3 unspecified atom stereocenters. The van der Waals surface area contributed by atoms with Gasteiger partial charge < -0.3 is 28.4 Å². The summed E-state index contributed by atoms with van der Waals surface area (Å²) in [6, 6.07) is -1.51. The Balaban J connectivity index is 1.42. The van der Waals surface area contributed by atoms with Crippen molar-refractivity contribution >= 4 is 5.97 Å². The Morgan fingerprint density at radius 3 is 2.29 bits per heavy atom. The zero-order valence-corrected chi connectivity index (χ0v) is 17.9. The van der Waals surface area contributed by atoms with Gasteiger partial charge in [-0.2, -0.15) is 0 Å². The molecule has 3 saturated heterocycles. The van der Waals surface area contributed by atoms with Gasteiger partial charge >= 0.3 is 12.0 Å². The molecule has 10 heteroatoms. The maximum Gasteiger partial charge on any atom is 0.381 e. The molecule has 0 radical (unpaired) electrons. The number of fused-ring (bicyclic) bond motifs is 1. The molecule has 0 N–H and O–H groups in total. The Morgan fingerprint density at radius 2 is 1.65 bits per heavy atom. The van der Waals surface area contributed by atoms with E-state index in [-0.39, 0.29) is 13.2 Å². The number of nitro groups is 1. The smallest absolute Gasteiger partial charge is 0.381 e. The van der Waals surface area contributed by atoms with Crippen LogP contribution in [0.1, 0.15) is 71.1 Å². The molecule has 0 bridgehead atoms. The zero-order valence-electron chi connectivity index (χ0n) is 17.9. The van der Waals surface area contributed by atoms with Crippen LogP contribution in [-0.4, -0.2) is 65.8 Å². The number of carbonyl (C=O) groups excluding carboxylic acids is 1. The van der Waals surface area contributed by atoms with Gasteiger partial charge in [0.2, 0.25) is 5.79 Å². The number of nitrogens with zero attached hydrogens (tertiary/aromatic N) is 1. The average Bonchev–Trinajstić information content (AvgIpc) is 3.30. The predicted molar refractivity (Wildman–Crippen MR) is 103 cm³/mol. The summed E-state index contributed by atoms with van der Waals surface area (Å²) in [5.74, 6) is -3.79. The van der Waals surface area contributed by atoms with E-state index in [0.717, 1.165) is 64.2 Å². The first-order valence-electron chi connectivity index (χ1n) is 11.5. The highest BCUT2D eigenvalue weighted by molar-refractivity contribution is 5.74. The SMILES string of the molecule is CC(C(=O)O[C@@H]1[C@H]2OC3(CCCCC3)OC2COC12COC1(CCCCC1)O2)[N+](=O)[O-]. The van der Waals surface area contributed by atoms with Crippen molar-refractivity contribution < 1.29 is 38.1 Å². The number of carbonyl (C=O) groups is 1. The van der Waals surface area contributed by atoms with Gasteiger partial charge in [-0.3, -0.25) is 10.1 Å². The van der Waals surface area contributed by atoms with Gasteiger partial charge in [-0.05, 0) is 25.7 Å². The molecule has 5 rings (SSSR count). The lowest BCUT2D eigenvalue weighted by molar-refractivity contribution is -0.507. The van der Waals surface area contributed by atoms with E-state index in [9.17, 15) is 14.9 Å². The van der Waals surface area contributed by atoms with Crippen molar-refractivity contribution in [2.45, 2.75) is 113 Å². The highest BCUT2D eigenvalue weighted by Crippen LogP contribution is 2.51. The second-order valence-electron chi connectivity index (χ2n) is 9.51. The lowest BCUT2D eigenvalue weighted by Gasteiger charge is -2.44. The second-order valence-corrected chi connectivity index (χ2v) is 9.51. The molecular formula is C21H31NO9. The first-order chi connectivity index (χ1) is 14.9. The number of rotatable bonds is 3. The van der Waals surface area contributed by atoms with Crippen LogP contribution in [0.5, 0.6) is 0 Å². The van der Waals surface area contributed by atoms with E-state index in [1.54, 1.807) is 0 Å². The molecule has 5 fully saturated rings. The zero-order chi connectivity index (χ0) is 21.7. The van der Waals surface area contributed by atoms with E-state index in [2.05, 4.69) is 0 Å². The van der Waals surface area contributed by atoms with Gasteiger partial charge in [-0.15, -0.1) is 0 Å². The van der Waals surface area contributed by atoms with Gasteiger partial charge in [0.25, 0.3) is 0 Å². The summed E-state index contributed by atoms with van der Waals surface area (Å²) in [6.45, 7) is 1.52. The third-order valence-electron chi connectivity index (χ3n) is 7.33. The van der Waals surface area contributed by atoms with Crippen molar-refractivity contribution in [3.8, 4) is 0 Å². The summed E-state index contributed by atoms with van der Waals surface area (Å²) in [5.41, 5.74) is 0. The standard InChI is InChI=1S/C21H31NO9/c1-14(22(24)25)18(23)28-17-16-15(29-20(30-16)10-6-3-7-11-20)12-26-21(17)13-27-19(31-21)8-4-2-5-9-19/h14-17H,2-13H2,1H3/t14?,15?,16-,17+,21?/m0/s1. The minimum absolute atomic E-state index is 0.0807. The minimum atomic E-state index is -1.51. The molecule has 0 aromatic heterocycles. The maximum atomic E-state index is 12.6. The maximum absolute atomic E-state index is 12.6. The fraction of sp³-hybridized carbons (Fsp3) is 0.952. The first-order valence-corrected chi connectivity index (χ1v) is 11.5. The van der Waals surface area contributed by atoms with Crippen LogP contribution in [0, 0.1) is 10.1 Å². The monoisotopic (exact) mass is 441 g/mol. The third-order valence-corrected chi connectivity index (χ3v) is 7.33. The van der Waals surface area contributed by atoms with Crippen LogP contribution in [0.4, 0.5) is 0 Å². The molecule has 174 valence electrons. The Labute approximate surface area is 181 Å². The molecule has 3 aliphatic heterocycles. The molecule has 0 aromatic carbocycles. The molecule has 31 heavy (non-hydrogen) atoms. The topological polar surface area (TPSA) is 116 Å². The van der Waals surface area contributed by atoms with Crippen LogP contribution in [-0.2, 0) is 33.2 Å². The van der Waals surface area contributed by atoms with Crippen molar-refractivity contribution in [2.75, 3.05) is 13.2 Å². The highest BCUT2D eigenvalue weighted by atomic mass is 16.9. The number of hydrogen-bond acceptors (Lipinski definition) is 9. The molecule has 5 atom stereocenters. The average molecular weight is 441 g/mol. The Kier molecular flexibility index (Phi) is 5.49. The summed E-state index contributed by atoms with van der Waals surface area (Å²) in [6.07, 6.45) is 7.13. The van der Waals surface area contributed by atoms with Gasteiger partial charge in [-0.25, -0.2) is 4.79 Å². The molecule has 0 amide bonds. The van der Waals surface area contributed by atoms with E-state index < -0.39 is 52.6 Å². The number of esters is 1. The van der Waals surface area contributed by atoms with Crippen LogP contribution in [0.2, 0.25) is 0 Å². The van der Waals surface area contributed by atoms with E-state index in [0.29, 0.717) is 0 Å². The van der Waals surface area contributed by atoms with Crippen LogP contribution in [0.25, 0.3) is 0 Å². The Hall–Kier alpha value is -1.33. The summed E-state index contributed by atoms with van der Waals surface area (Å²) in [7, 11) is 0. The summed E-state index contributed by atoms with van der Waals surface area (Å²) < 4.78 is 37.1.